The zero-order valence-corrected chi connectivity index (χ0v) is 15.0. The van der Waals surface area contributed by atoms with E-state index >= 15 is 0 Å². The fourth-order valence-electron chi connectivity index (χ4n) is 1.98. The minimum absolute atomic E-state index is 0.190. The third-order valence-corrected chi connectivity index (χ3v) is 5.02. The summed E-state index contributed by atoms with van der Waals surface area (Å²) in [6.07, 6.45) is 0.456. The predicted octanol–water partition coefficient (Wildman–Crippen LogP) is 2.43. The van der Waals surface area contributed by atoms with E-state index in [1.165, 1.54) is 12.1 Å². The number of ether oxygens (including phenoxy) is 1. The van der Waals surface area contributed by atoms with Gasteiger partial charge in [-0.2, -0.15) is 0 Å². The van der Waals surface area contributed by atoms with Crippen LogP contribution < -0.4 is 9.46 Å². The molecule has 0 atom stereocenters. The molecule has 0 bridgehead atoms. The lowest BCUT2D eigenvalue weighted by atomic mass is 10.1. The number of benzene rings is 2. The minimum Gasteiger partial charge on any atom is -0.482 e. The summed E-state index contributed by atoms with van der Waals surface area (Å²) in [5, 5.41) is 8.60. The van der Waals surface area contributed by atoms with Crippen LogP contribution in [0.2, 0.25) is 0 Å². The number of hydrogen-bond donors (Lipinski definition) is 2. The molecule has 0 saturated carbocycles. The maximum atomic E-state index is 12.2. The molecule has 0 amide bonds. The number of carboxylic acids is 1. The van der Waals surface area contributed by atoms with Gasteiger partial charge in [-0.15, -0.1) is 0 Å². The fourth-order valence-corrected chi connectivity index (χ4v) is 3.61. The van der Waals surface area contributed by atoms with E-state index in [0.717, 1.165) is 5.56 Å². The van der Waals surface area contributed by atoms with Crippen molar-refractivity contribution in [2.45, 2.75) is 11.3 Å². The quantitative estimate of drug-likeness (QED) is 0.692. The highest BCUT2D eigenvalue weighted by molar-refractivity contribution is 9.10. The van der Waals surface area contributed by atoms with Crippen LogP contribution in [0.4, 0.5) is 0 Å². The average molecular weight is 414 g/mol. The summed E-state index contributed by atoms with van der Waals surface area (Å²) in [6, 6.07) is 13.4. The normalized spacial score (nSPS) is 11.2. The molecule has 0 fully saturated rings. The summed E-state index contributed by atoms with van der Waals surface area (Å²) in [6.45, 7) is -0.198. The van der Waals surface area contributed by atoms with Crippen LogP contribution in [0.3, 0.4) is 0 Å². The van der Waals surface area contributed by atoms with Gasteiger partial charge in [0.05, 0.1) is 4.90 Å². The van der Waals surface area contributed by atoms with Crippen LogP contribution in [-0.2, 0) is 21.2 Å². The first kappa shape index (κ1) is 18.4. The van der Waals surface area contributed by atoms with Crippen LogP contribution >= 0.6 is 15.9 Å². The van der Waals surface area contributed by atoms with E-state index in [-0.39, 0.29) is 11.4 Å². The third kappa shape index (κ3) is 5.63. The lowest BCUT2D eigenvalue weighted by molar-refractivity contribution is -0.139. The smallest absolute Gasteiger partial charge is 0.341 e. The molecule has 6 nitrogen and oxygen atoms in total. The van der Waals surface area contributed by atoms with E-state index in [2.05, 4.69) is 20.7 Å². The zero-order chi connectivity index (χ0) is 17.6. The van der Waals surface area contributed by atoms with Crippen molar-refractivity contribution in [3.63, 3.8) is 0 Å². The molecule has 2 aromatic carbocycles. The first-order chi connectivity index (χ1) is 11.4. The van der Waals surface area contributed by atoms with Gasteiger partial charge >= 0.3 is 5.97 Å². The number of carbonyl (C=O) groups is 1. The molecular formula is C16H16BrNO5S. The molecule has 0 spiro atoms. The standard InChI is InChI=1S/C16H16BrNO5S/c17-13-4-2-6-15(10-13)24(21,22)18-8-7-12-3-1-5-14(9-12)23-11-16(19)20/h1-6,9-10,18H,7-8,11H2,(H,19,20). The van der Waals surface area contributed by atoms with Crippen molar-refractivity contribution in [2.75, 3.05) is 13.2 Å². The summed E-state index contributed by atoms with van der Waals surface area (Å²) < 4.78 is 32.7. The molecule has 2 rings (SSSR count). The first-order valence-corrected chi connectivity index (χ1v) is 9.33. The van der Waals surface area contributed by atoms with Crippen LogP contribution in [0.1, 0.15) is 5.56 Å². The van der Waals surface area contributed by atoms with E-state index in [1.54, 1.807) is 30.3 Å². The number of halogens is 1. The van der Waals surface area contributed by atoms with E-state index in [9.17, 15) is 13.2 Å². The topological polar surface area (TPSA) is 92.7 Å². The Kier molecular flexibility index (Phi) is 6.36. The summed E-state index contributed by atoms with van der Waals surface area (Å²) in [5.41, 5.74) is 0.842. The second-order valence-electron chi connectivity index (χ2n) is 4.93. The third-order valence-electron chi connectivity index (χ3n) is 3.07. The first-order valence-electron chi connectivity index (χ1n) is 7.05. The number of aliphatic carboxylic acids is 1. The molecule has 0 aliphatic rings. The second kappa shape index (κ2) is 8.27. The van der Waals surface area contributed by atoms with Crippen molar-refractivity contribution in [3.05, 3.63) is 58.6 Å². The van der Waals surface area contributed by atoms with Gasteiger partial charge in [0.2, 0.25) is 10.0 Å². The van der Waals surface area contributed by atoms with E-state index in [1.807, 2.05) is 6.07 Å². The van der Waals surface area contributed by atoms with Gasteiger partial charge in [0.25, 0.3) is 0 Å². The molecule has 24 heavy (non-hydrogen) atoms. The Morgan fingerprint density at radius 1 is 1.17 bits per heavy atom. The summed E-state index contributed by atoms with van der Waals surface area (Å²) >= 11 is 3.24. The Morgan fingerprint density at radius 2 is 1.92 bits per heavy atom. The SMILES string of the molecule is O=C(O)COc1cccc(CCNS(=O)(=O)c2cccc(Br)c2)c1. The average Bonchev–Trinajstić information content (AvgIpc) is 2.53. The molecule has 0 unspecified atom stereocenters. The van der Waals surface area contributed by atoms with Crippen molar-refractivity contribution in [1.29, 1.82) is 0 Å². The Hall–Kier alpha value is -1.90. The lowest BCUT2D eigenvalue weighted by Gasteiger charge is -2.08. The summed E-state index contributed by atoms with van der Waals surface area (Å²) in [4.78, 5) is 10.7. The molecule has 0 aromatic heterocycles. The second-order valence-corrected chi connectivity index (χ2v) is 7.62. The largest absolute Gasteiger partial charge is 0.482 e. The number of rotatable bonds is 8. The molecule has 2 aromatic rings. The molecule has 0 aliphatic heterocycles. The maximum Gasteiger partial charge on any atom is 0.341 e. The van der Waals surface area contributed by atoms with Gasteiger partial charge in [-0.3, -0.25) is 0 Å². The van der Waals surface area contributed by atoms with E-state index in [4.69, 9.17) is 9.84 Å². The molecule has 0 heterocycles. The van der Waals surface area contributed by atoms with E-state index in [0.29, 0.717) is 16.6 Å². The molecule has 8 heteroatoms. The van der Waals surface area contributed by atoms with Crippen LogP contribution in [0.25, 0.3) is 0 Å². The fraction of sp³-hybridized carbons (Fsp3) is 0.188. The molecule has 2 N–H and O–H groups in total. The highest BCUT2D eigenvalue weighted by atomic mass is 79.9. The van der Waals surface area contributed by atoms with Gasteiger partial charge in [-0.25, -0.2) is 17.9 Å². The van der Waals surface area contributed by atoms with Crippen molar-refractivity contribution < 1.29 is 23.1 Å². The van der Waals surface area contributed by atoms with Crippen molar-refractivity contribution in [2.24, 2.45) is 0 Å². The van der Waals surface area contributed by atoms with Crippen LogP contribution in [0, 0.1) is 0 Å². The van der Waals surface area contributed by atoms with Crippen LogP contribution in [0.15, 0.2) is 57.9 Å². The van der Waals surface area contributed by atoms with Crippen molar-refractivity contribution in [1.82, 2.24) is 4.72 Å². The maximum absolute atomic E-state index is 12.2. The Bertz CT molecular complexity index is 823. The molecule has 0 radical (unpaired) electrons. The van der Waals surface area contributed by atoms with Gasteiger partial charge in [0.15, 0.2) is 6.61 Å². The van der Waals surface area contributed by atoms with E-state index < -0.39 is 22.6 Å². The highest BCUT2D eigenvalue weighted by Crippen LogP contribution is 2.16. The lowest BCUT2D eigenvalue weighted by Crippen LogP contribution is -2.26. The predicted molar refractivity (Wildman–Crippen MR) is 92.6 cm³/mol. The van der Waals surface area contributed by atoms with Crippen LogP contribution in [0.5, 0.6) is 5.75 Å². The summed E-state index contributed by atoms with van der Waals surface area (Å²) in [7, 11) is -3.57. The van der Waals surface area contributed by atoms with Gasteiger partial charge < -0.3 is 9.84 Å². The number of carboxylic acid groups (broad SMARTS) is 1. The molecular weight excluding hydrogens is 398 g/mol. The summed E-state index contributed by atoms with van der Waals surface area (Å²) in [5.74, 6) is -0.619. The van der Waals surface area contributed by atoms with Gasteiger partial charge in [0.1, 0.15) is 5.75 Å². The van der Waals surface area contributed by atoms with Crippen LogP contribution in [-0.4, -0.2) is 32.6 Å². The number of hydrogen-bond acceptors (Lipinski definition) is 4. The van der Waals surface area contributed by atoms with Gasteiger partial charge in [-0.05, 0) is 42.3 Å². The zero-order valence-electron chi connectivity index (χ0n) is 12.6. The van der Waals surface area contributed by atoms with Gasteiger partial charge in [0, 0.05) is 11.0 Å². The Morgan fingerprint density at radius 3 is 2.62 bits per heavy atom. The Balaban J connectivity index is 1.94. The minimum atomic E-state index is -3.57. The van der Waals surface area contributed by atoms with Crippen molar-refractivity contribution in [3.8, 4) is 5.75 Å². The number of nitrogens with one attached hydrogen (secondary N) is 1. The molecule has 128 valence electrons. The molecule has 0 saturated heterocycles. The highest BCUT2D eigenvalue weighted by Gasteiger charge is 2.13. The monoisotopic (exact) mass is 413 g/mol. The van der Waals surface area contributed by atoms with Gasteiger partial charge in [-0.1, -0.05) is 34.1 Å². The Labute approximate surface area is 148 Å². The number of sulfonamides is 1. The molecule has 0 aliphatic carbocycles. The van der Waals surface area contributed by atoms with Crippen molar-refractivity contribution >= 4 is 31.9 Å².